The second kappa shape index (κ2) is 7.04. The fourth-order valence-corrected chi connectivity index (χ4v) is 1.58. The minimum absolute atomic E-state index is 0.205. The number of carbonyl (C=O) groups excluding carboxylic acids is 1. The quantitative estimate of drug-likeness (QED) is 0.756. The summed E-state index contributed by atoms with van der Waals surface area (Å²) in [5, 5.41) is 10.0. The smallest absolute Gasteiger partial charge is 0.319 e. The van der Waals surface area contributed by atoms with E-state index < -0.39 is 6.10 Å². The molecule has 1 aromatic rings. The lowest BCUT2D eigenvalue weighted by Gasteiger charge is -2.22. The Hall–Kier alpha value is -1.39. The van der Waals surface area contributed by atoms with E-state index in [1.54, 1.807) is 0 Å². The predicted octanol–water partition coefficient (Wildman–Crippen LogP) is 1.21. The normalized spacial score (nSPS) is 12.5. The second-order valence-corrected chi connectivity index (χ2v) is 3.83. The number of nitrogens with zero attached hydrogens (tertiary/aromatic N) is 1. The highest BCUT2D eigenvalue weighted by molar-refractivity contribution is 5.71. The molecule has 4 heteroatoms. The van der Waals surface area contributed by atoms with Crippen LogP contribution in [0.15, 0.2) is 30.3 Å². The summed E-state index contributed by atoms with van der Waals surface area (Å²) in [6, 6.07) is 9.42. The van der Waals surface area contributed by atoms with Gasteiger partial charge in [-0.3, -0.25) is 9.69 Å². The molecule has 0 heterocycles. The van der Waals surface area contributed by atoms with E-state index in [1.165, 1.54) is 7.11 Å². The monoisotopic (exact) mass is 237 g/mol. The molecular weight excluding hydrogens is 218 g/mol. The van der Waals surface area contributed by atoms with Crippen LogP contribution >= 0.6 is 0 Å². The third kappa shape index (κ3) is 4.54. The van der Waals surface area contributed by atoms with Gasteiger partial charge in [-0.1, -0.05) is 37.3 Å². The first-order valence-corrected chi connectivity index (χ1v) is 5.69. The average Bonchev–Trinajstić information content (AvgIpc) is 2.38. The molecule has 0 saturated heterocycles. The summed E-state index contributed by atoms with van der Waals surface area (Å²) in [6.07, 6.45) is -0.583. The molecular formula is C13H19NO3. The van der Waals surface area contributed by atoms with Crippen LogP contribution in [0.4, 0.5) is 0 Å². The van der Waals surface area contributed by atoms with Crippen LogP contribution in [-0.4, -0.2) is 42.7 Å². The first-order chi connectivity index (χ1) is 8.17. The van der Waals surface area contributed by atoms with E-state index in [0.717, 1.165) is 5.56 Å². The number of benzene rings is 1. The Kier molecular flexibility index (Phi) is 5.66. The van der Waals surface area contributed by atoms with E-state index in [0.29, 0.717) is 13.1 Å². The Morgan fingerprint density at radius 1 is 1.41 bits per heavy atom. The molecule has 1 unspecified atom stereocenters. The zero-order chi connectivity index (χ0) is 12.7. The van der Waals surface area contributed by atoms with Crippen LogP contribution in [0.5, 0.6) is 0 Å². The lowest BCUT2D eigenvalue weighted by molar-refractivity contribution is -0.142. The van der Waals surface area contributed by atoms with Gasteiger partial charge in [0, 0.05) is 6.54 Å². The van der Waals surface area contributed by atoms with Gasteiger partial charge in [-0.2, -0.15) is 0 Å². The largest absolute Gasteiger partial charge is 0.468 e. The van der Waals surface area contributed by atoms with Crippen LogP contribution in [-0.2, 0) is 9.53 Å². The summed E-state index contributed by atoms with van der Waals surface area (Å²) in [5.41, 5.74) is 0.857. The zero-order valence-corrected chi connectivity index (χ0v) is 10.3. The Labute approximate surface area is 102 Å². The minimum Gasteiger partial charge on any atom is -0.468 e. The summed E-state index contributed by atoms with van der Waals surface area (Å²) < 4.78 is 4.61. The van der Waals surface area contributed by atoms with E-state index in [4.69, 9.17) is 0 Å². The number of ether oxygens (including phenoxy) is 1. The molecule has 0 aliphatic heterocycles. The SMILES string of the molecule is CCN(CC(=O)OC)CC(O)c1ccccc1. The average molecular weight is 237 g/mol. The summed E-state index contributed by atoms with van der Waals surface area (Å²) >= 11 is 0. The number of carbonyl (C=O) groups is 1. The molecule has 0 radical (unpaired) electrons. The molecule has 0 aliphatic rings. The van der Waals surface area contributed by atoms with E-state index >= 15 is 0 Å². The lowest BCUT2D eigenvalue weighted by Crippen LogP contribution is -2.34. The number of methoxy groups -OCH3 is 1. The van der Waals surface area contributed by atoms with E-state index in [1.807, 2.05) is 42.2 Å². The van der Waals surface area contributed by atoms with Gasteiger partial charge < -0.3 is 9.84 Å². The highest BCUT2D eigenvalue weighted by atomic mass is 16.5. The van der Waals surface area contributed by atoms with Crippen LogP contribution in [0.1, 0.15) is 18.6 Å². The molecule has 17 heavy (non-hydrogen) atoms. The second-order valence-electron chi connectivity index (χ2n) is 3.83. The van der Waals surface area contributed by atoms with Crippen molar-refractivity contribution in [2.75, 3.05) is 26.7 Å². The highest BCUT2D eigenvalue weighted by Gasteiger charge is 2.14. The van der Waals surface area contributed by atoms with Crippen molar-refractivity contribution in [3.63, 3.8) is 0 Å². The van der Waals surface area contributed by atoms with Gasteiger partial charge in [0.1, 0.15) is 0 Å². The third-order valence-electron chi connectivity index (χ3n) is 2.64. The van der Waals surface area contributed by atoms with Crippen LogP contribution in [0.25, 0.3) is 0 Å². The van der Waals surface area contributed by atoms with E-state index in [2.05, 4.69) is 4.74 Å². The summed E-state index contributed by atoms with van der Waals surface area (Å²) in [4.78, 5) is 13.0. The molecule has 1 rings (SSSR count). The van der Waals surface area contributed by atoms with Crippen molar-refractivity contribution in [3.8, 4) is 0 Å². The third-order valence-corrected chi connectivity index (χ3v) is 2.64. The van der Waals surface area contributed by atoms with Crippen molar-refractivity contribution < 1.29 is 14.6 Å². The Morgan fingerprint density at radius 3 is 2.59 bits per heavy atom. The molecule has 0 spiro atoms. The number of aliphatic hydroxyl groups is 1. The maximum absolute atomic E-state index is 11.2. The number of rotatable bonds is 6. The van der Waals surface area contributed by atoms with Gasteiger partial charge in [-0.15, -0.1) is 0 Å². The van der Waals surface area contributed by atoms with Gasteiger partial charge in [0.15, 0.2) is 0 Å². The molecule has 1 aromatic carbocycles. The molecule has 4 nitrogen and oxygen atoms in total. The van der Waals surface area contributed by atoms with E-state index in [-0.39, 0.29) is 12.5 Å². The molecule has 0 bridgehead atoms. The predicted molar refractivity (Wildman–Crippen MR) is 65.5 cm³/mol. The van der Waals surface area contributed by atoms with Gasteiger partial charge >= 0.3 is 5.97 Å². The minimum atomic E-state index is -0.583. The van der Waals surface area contributed by atoms with Crippen molar-refractivity contribution in [1.82, 2.24) is 4.90 Å². The fraction of sp³-hybridized carbons (Fsp3) is 0.462. The maximum Gasteiger partial charge on any atom is 0.319 e. The van der Waals surface area contributed by atoms with Gasteiger partial charge in [0.25, 0.3) is 0 Å². The summed E-state index contributed by atoms with van der Waals surface area (Å²) in [6.45, 7) is 3.27. The number of hydrogen-bond donors (Lipinski definition) is 1. The molecule has 0 aromatic heterocycles. The first-order valence-electron chi connectivity index (χ1n) is 5.69. The van der Waals surface area contributed by atoms with Gasteiger partial charge in [-0.25, -0.2) is 0 Å². The molecule has 1 atom stereocenters. The molecule has 1 N–H and O–H groups in total. The fourth-order valence-electron chi connectivity index (χ4n) is 1.58. The number of aliphatic hydroxyl groups excluding tert-OH is 1. The molecule has 0 saturated carbocycles. The van der Waals surface area contributed by atoms with Crippen LogP contribution in [0.3, 0.4) is 0 Å². The van der Waals surface area contributed by atoms with Crippen molar-refractivity contribution in [2.45, 2.75) is 13.0 Å². The van der Waals surface area contributed by atoms with Crippen molar-refractivity contribution >= 4 is 5.97 Å². The van der Waals surface area contributed by atoms with Crippen molar-refractivity contribution in [3.05, 3.63) is 35.9 Å². The van der Waals surface area contributed by atoms with Crippen LogP contribution < -0.4 is 0 Å². The number of likely N-dealkylation sites (N-methyl/N-ethyl adjacent to an activating group) is 1. The number of hydrogen-bond acceptors (Lipinski definition) is 4. The van der Waals surface area contributed by atoms with Crippen molar-refractivity contribution in [2.24, 2.45) is 0 Å². The van der Waals surface area contributed by atoms with Crippen LogP contribution in [0.2, 0.25) is 0 Å². The van der Waals surface area contributed by atoms with E-state index in [9.17, 15) is 9.90 Å². The summed E-state index contributed by atoms with van der Waals surface area (Å²) in [7, 11) is 1.36. The topological polar surface area (TPSA) is 49.8 Å². The first kappa shape index (κ1) is 13.7. The lowest BCUT2D eigenvalue weighted by atomic mass is 10.1. The van der Waals surface area contributed by atoms with Gasteiger partial charge in [-0.05, 0) is 12.1 Å². The highest BCUT2D eigenvalue weighted by Crippen LogP contribution is 2.13. The Balaban J connectivity index is 2.53. The maximum atomic E-state index is 11.2. The molecule has 94 valence electrons. The van der Waals surface area contributed by atoms with Crippen LogP contribution in [0, 0.1) is 0 Å². The van der Waals surface area contributed by atoms with Gasteiger partial charge in [0.2, 0.25) is 0 Å². The van der Waals surface area contributed by atoms with Gasteiger partial charge in [0.05, 0.1) is 19.8 Å². The Morgan fingerprint density at radius 2 is 2.06 bits per heavy atom. The molecule has 0 fully saturated rings. The van der Waals surface area contributed by atoms with Crippen molar-refractivity contribution in [1.29, 1.82) is 0 Å². The summed E-state index contributed by atoms with van der Waals surface area (Å²) in [5.74, 6) is -0.285. The molecule has 0 amide bonds. The zero-order valence-electron chi connectivity index (χ0n) is 10.3. The number of esters is 1. The Bertz CT molecular complexity index is 340. The standard InChI is InChI=1S/C13H19NO3/c1-3-14(10-13(16)17-2)9-12(15)11-7-5-4-6-8-11/h4-8,12,15H,3,9-10H2,1-2H3. The molecule has 0 aliphatic carbocycles.